The van der Waals surface area contributed by atoms with E-state index in [-0.39, 0.29) is 17.8 Å². The summed E-state index contributed by atoms with van der Waals surface area (Å²) in [6.07, 6.45) is 0.245. The van der Waals surface area contributed by atoms with Gasteiger partial charge in [-0.3, -0.25) is 14.5 Å². The zero-order valence-electron chi connectivity index (χ0n) is 13.9. The minimum absolute atomic E-state index is 0.200. The zero-order chi connectivity index (χ0) is 17.4. The number of ketones is 1. The number of thiophene rings is 1. The molecule has 1 aliphatic rings. The van der Waals surface area contributed by atoms with E-state index in [0.29, 0.717) is 0 Å². The van der Waals surface area contributed by atoms with Gasteiger partial charge in [0.2, 0.25) is 0 Å². The summed E-state index contributed by atoms with van der Waals surface area (Å²) < 4.78 is 0. The van der Waals surface area contributed by atoms with Crippen LogP contribution in [-0.2, 0) is 9.59 Å². The number of aliphatic hydroxyl groups is 1. The summed E-state index contributed by atoms with van der Waals surface area (Å²) in [5.74, 6) is -1.15. The third kappa shape index (κ3) is 2.45. The Labute approximate surface area is 145 Å². The summed E-state index contributed by atoms with van der Waals surface area (Å²) >= 11 is 1.47. The van der Waals surface area contributed by atoms with Crippen LogP contribution in [0, 0.1) is 13.8 Å². The van der Waals surface area contributed by atoms with E-state index in [2.05, 4.69) is 0 Å². The molecule has 0 bridgehead atoms. The second-order valence-corrected chi connectivity index (χ2v) is 6.83. The van der Waals surface area contributed by atoms with Crippen LogP contribution in [0.25, 0.3) is 0 Å². The number of anilines is 1. The van der Waals surface area contributed by atoms with Crippen LogP contribution in [0.4, 0.5) is 5.69 Å². The minimum Gasteiger partial charge on any atom is -0.503 e. The van der Waals surface area contributed by atoms with E-state index in [0.717, 1.165) is 21.7 Å². The van der Waals surface area contributed by atoms with Crippen molar-refractivity contribution in [3.8, 4) is 0 Å². The van der Waals surface area contributed by atoms with Gasteiger partial charge in [-0.15, -0.1) is 11.3 Å². The second kappa shape index (κ2) is 6.24. The molecular formula is C19H19NO3S. The molecule has 1 aliphatic heterocycles. The molecule has 4 nitrogen and oxygen atoms in total. The van der Waals surface area contributed by atoms with E-state index in [1.807, 2.05) is 49.6 Å². The van der Waals surface area contributed by atoms with Gasteiger partial charge >= 0.3 is 0 Å². The van der Waals surface area contributed by atoms with E-state index < -0.39 is 17.7 Å². The van der Waals surface area contributed by atoms with Crippen LogP contribution in [0.5, 0.6) is 0 Å². The number of aliphatic hydroxyl groups excluding tert-OH is 1. The average molecular weight is 341 g/mol. The molecule has 2 heterocycles. The minimum atomic E-state index is -0.564. The molecule has 24 heavy (non-hydrogen) atoms. The number of amides is 1. The highest BCUT2D eigenvalue weighted by molar-refractivity contribution is 7.10. The normalized spacial score (nSPS) is 17.7. The quantitative estimate of drug-likeness (QED) is 0.905. The number of hydrogen-bond acceptors (Lipinski definition) is 4. The van der Waals surface area contributed by atoms with Crippen molar-refractivity contribution in [2.45, 2.75) is 33.2 Å². The summed E-state index contributed by atoms with van der Waals surface area (Å²) in [6.45, 7) is 5.66. The zero-order valence-corrected chi connectivity index (χ0v) is 14.7. The Kier molecular flexibility index (Phi) is 4.28. The monoisotopic (exact) mass is 341 g/mol. The maximum absolute atomic E-state index is 12.8. The summed E-state index contributed by atoms with van der Waals surface area (Å²) in [5, 5.41) is 12.3. The van der Waals surface area contributed by atoms with Crippen LogP contribution in [0.3, 0.4) is 0 Å². The Morgan fingerprint density at radius 1 is 1.25 bits per heavy atom. The number of aryl methyl sites for hydroxylation is 1. The van der Waals surface area contributed by atoms with Gasteiger partial charge in [-0.2, -0.15) is 0 Å². The summed E-state index contributed by atoms with van der Waals surface area (Å²) in [6, 6.07) is 8.92. The molecule has 1 atom stereocenters. The number of carbonyl (C=O) groups is 2. The maximum Gasteiger partial charge on any atom is 0.294 e. The van der Waals surface area contributed by atoms with Gasteiger partial charge in [-0.05, 0) is 42.5 Å². The SMILES string of the molecule is CCC(=O)C1=C(O)C(=O)N(c2cccc(C)c2C)C1c1cccs1. The number of carbonyl (C=O) groups excluding carboxylic acids is 2. The van der Waals surface area contributed by atoms with Crippen LogP contribution < -0.4 is 4.90 Å². The van der Waals surface area contributed by atoms with Crippen molar-refractivity contribution in [1.82, 2.24) is 0 Å². The van der Waals surface area contributed by atoms with E-state index in [1.54, 1.807) is 11.8 Å². The Morgan fingerprint density at radius 2 is 2.00 bits per heavy atom. The highest BCUT2D eigenvalue weighted by Gasteiger charge is 2.44. The molecule has 0 fully saturated rings. The molecule has 0 radical (unpaired) electrons. The predicted octanol–water partition coefficient (Wildman–Crippen LogP) is 4.24. The van der Waals surface area contributed by atoms with Gasteiger partial charge in [-0.1, -0.05) is 25.1 Å². The fourth-order valence-corrected chi connectivity index (χ4v) is 3.87. The smallest absolute Gasteiger partial charge is 0.294 e. The van der Waals surface area contributed by atoms with Gasteiger partial charge in [0.05, 0.1) is 5.57 Å². The first-order valence-corrected chi connectivity index (χ1v) is 8.74. The summed E-state index contributed by atoms with van der Waals surface area (Å²) in [4.78, 5) is 27.6. The average Bonchev–Trinajstić information content (AvgIpc) is 3.18. The molecule has 0 saturated heterocycles. The number of nitrogens with zero attached hydrogens (tertiary/aromatic N) is 1. The van der Waals surface area contributed by atoms with Gasteiger partial charge in [0.25, 0.3) is 5.91 Å². The molecule has 2 aromatic rings. The fraction of sp³-hybridized carbons (Fsp3) is 0.263. The molecule has 3 rings (SSSR count). The number of benzene rings is 1. The maximum atomic E-state index is 12.8. The third-order valence-corrected chi connectivity index (χ3v) is 5.40. The lowest BCUT2D eigenvalue weighted by Gasteiger charge is -2.27. The Bertz CT molecular complexity index is 836. The number of hydrogen-bond donors (Lipinski definition) is 1. The van der Waals surface area contributed by atoms with Crippen molar-refractivity contribution < 1.29 is 14.7 Å². The molecule has 0 spiro atoms. The first-order valence-electron chi connectivity index (χ1n) is 7.86. The predicted molar refractivity (Wildman–Crippen MR) is 95.4 cm³/mol. The standard InChI is InChI=1S/C19H19NO3S/c1-4-14(21)16-17(15-9-6-10-24-15)20(19(23)18(16)22)13-8-5-7-11(2)12(13)3/h5-10,17,22H,4H2,1-3H3. The van der Waals surface area contributed by atoms with Crippen LogP contribution in [0.1, 0.15) is 35.4 Å². The van der Waals surface area contributed by atoms with Crippen molar-refractivity contribution in [2.24, 2.45) is 0 Å². The lowest BCUT2D eigenvalue weighted by Crippen LogP contribution is -2.31. The second-order valence-electron chi connectivity index (χ2n) is 5.85. The van der Waals surface area contributed by atoms with Crippen molar-refractivity contribution in [1.29, 1.82) is 0 Å². The number of rotatable bonds is 4. The van der Waals surface area contributed by atoms with Crippen LogP contribution in [-0.4, -0.2) is 16.8 Å². The third-order valence-electron chi connectivity index (χ3n) is 4.48. The molecule has 1 unspecified atom stereocenters. The molecular weight excluding hydrogens is 322 g/mol. The van der Waals surface area contributed by atoms with Crippen LogP contribution in [0.2, 0.25) is 0 Å². The topological polar surface area (TPSA) is 57.6 Å². The van der Waals surface area contributed by atoms with Crippen LogP contribution in [0.15, 0.2) is 47.0 Å². The Morgan fingerprint density at radius 3 is 2.62 bits per heavy atom. The molecule has 0 aliphatic carbocycles. The van der Waals surface area contributed by atoms with Crippen molar-refractivity contribution >= 4 is 28.7 Å². The van der Waals surface area contributed by atoms with E-state index in [1.165, 1.54) is 11.3 Å². The fourth-order valence-electron chi connectivity index (χ4n) is 3.04. The molecule has 5 heteroatoms. The lowest BCUT2D eigenvalue weighted by atomic mass is 9.99. The van der Waals surface area contributed by atoms with E-state index in [9.17, 15) is 14.7 Å². The first kappa shape index (κ1) is 16.5. The first-order chi connectivity index (χ1) is 11.5. The Balaban J connectivity index is 2.21. The van der Waals surface area contributed by atoms with E-state index >= 15 is 0 Å². The lowest BCUT2D eigenvalue weighted by molar-refractivity contribution is -0.118. The molecule has 124 valence electrons. The van der Waals surface area contributed by atoms with Gasteiger partial charge in [-0.25, -0.2) is 0 Å². The molecule has 0 saturated carbocycles. The van der Waals surface area contributed by atoms with Gasteiger partial charge in [0.15, 0.2) is 11.5 Å². The van der Waals surface area contributed by atoms with Crippen LogP contribution >= 0.6 is 11.3 Å². The van der Waals surface area contributed by atoms with Crippen molar-refractivity contribution in [2.75, 3.05) is 4.90 Å². The van der Waals surface area contributed by atoms with Crippen molar-refractivity contribution in [3.05, 3.63) is 63.0 Å². The molecule has 1 aromatic heterocycles. The molecule has 1 amide bonds. The van der Waals surface area contributed by atoms with Gasteiger partial charge in [0, 0.05) is 17.0 Å². The summed E-state index contributed by atoms with van der Waals surface area (Å²) in [7, 11) is 0. The Hall–Kier alpha value is -2.40. The van der Waals surface area contributed by atoms with E-state index in [4.69, 9.17) is 0 Å². The highest BCUT2D eigenvalue weighted by Crippen LogP contribution is 2.43. The largest absolute Gasteiger partial charge is 0.503 e. The van der Waals surface area contributed by atoms with Gasteiger partial charge in [0.1, 0.15) is 6.04 Å². The van der Waals surface area contributed by atoms with Gasteiger partial charge < -0.3 is 5.11 Å². The summed E-state index contributed by atoms with van der Waals surface area (Å²) in [5.41, 5.74) is 2.94. The molecule has 1 N–H and O–H groups in total. The van der Waals surface area contributed by atoms with Crippen molar-refractivity contribution in [3.63, 3.8) is 0 Å². The molecule has 1 aromatic carbocycles. The number of Topliss-reactive ketones (excluding diaryl/α,β-unsaturated/α-hetero) is 1. The highest BCUT2D eigenvalue weighted by atomic mass is 32.1.